The minimum atomic E-state index is -0.496. The molecule has 0 radical (unpaired) electrons. The minimum Gasteiger partial charge on any atom is -0.353 e. The summed E-state index contributed by atoms with van der Waals surface area (Å²) in [5.74, 6) is 0.114. The summed E-state index contributed by atoms with van der Waals surface area (Å²) in [6.07, 6.45) is 8.96. The lowest BCUT2D eigenvalue weighted by Gasteiger charge is -2.40. The maximum atomic E-state index is 12.8. The average molecular weight is 326 g/mol. The molecule has 0 saturated carbocycles. The van der Waals surface area contributed by atoms with Crippen LogP contribution in [0, 0.1) is 5.41 Å². The summed E-state index contributed by atoms with van der Waals surface area (Å²) >= 11 is 0. The quantitative estimate of drug-likeness (QED) is 0.868. The highest BCUT2D eigenvalue weighted by molar-refractivity contribution is 5.95. The molecule has 2 atom stereocenters. The molecule has 4 nitrogen and oxygen atoms in total. The zero-order chi connectivity index (χ0) is 17.0. The van der Waals surface area contributed by atoms with Crippen molar-refractivity contribution in [3.63, 3.8) is 0 Å². The van der Waals surface area contributed by atoms with Gasteiger partial charge in [-0.3, -0.25) is 9.59 Å². The van der Waals surface area contributed by atoms with E-state index in [2.05, 4.69) is 17.5 Å². The van der Waals surface area contributed by atoms with E-state index in [4.69, 9.17) is 0 Å². The van der Waals surface area contributed by atoms with Gasteiger partial charge in [-0.2, -0.15) is 0 Å². The summed E-state index contributed by atoms with van der Waals surface area (Å²) < 4.78 is 0. The van der Waals surface area contributed by atoms with Crippen LogP contribution in [0.4, 0.5) is 0 Å². The van der Waals surface area contributed by atoms with Gasteiger partial charge in [0.25, 0.3) is 5.91 Å². The third-order valence-electron chi connectivity index (χ3n) is 5.16. The standard InChI is InChI=1S/C20H26N2O2/c1-20(19(24)21-17-11-6-3-7-12-17)13-8-14-22(15-20)18(23)16-9-4-2-5-10-16/h2-6,9-10,17H,7-8,11-15H2,1H3,(H,21,24). The molecule has 4 heteroatoms. The molecule has 0 spiro atoms. The van der Waals surface area contributed by atoms with Gasteiger partial charge >= 0.3 is 0 Å². The molecule has 1 aliphatic heterocycles. The van der Waals surface area contributed by atoms with E-state index in [1.807, 2.05) is 42.2 Å². The molecule has 3 rings (SSSR count). The highest BCUT2D eigenvalue weighted by Gasteiger charge is 2.40. The first kappa shape index (κ1) is 16.7. The third kappa shape index (κ3) is 3.69. The molecule has 2 unspecified atom stereocenters. The first-order valence-electron chi connectivity index (χ1n) is 8.89. The van der Waals surface area contributed by atoms with Gasteiger partial charge in [-0.1, -0.05) is 30.4 Å². The fraction of sp³-hybridized carbons (Fsp3) is 0.500. The number of nitrogens with zero attached hydrogens (tertiary/aromatic N) is 1. The van der Waals surface area contributed by atoms with Crippen LogP contribution in [0.3, 0.4) is 0 Å². The van der Waals surface area contributed by atoms with Crippen molar-refractivity contribution in [2.24, 2.45) is 5.41 Å². The Morgan fingerprint density at radius 2 is 2.00 bits per heavy atom. The van der Waals surface area contributed by atoms with Gasteiger partial charge < -0.3 is 10.2 Å². The van der Waals surface area contributed by atoms with Gasteiger partial charge in [0, 0.05) is 24.7 Å². The summed E-state index contributed by atoms with van der Waals surface area (Å²) in [4.78, 5) is 27.3. The monoisotopic (exact) mass is 326 g/mol. The maximum absolute atomic E-state index is 12.8. The number of hydrogen-bond acceptors (Lipinski definition) is 2. The van der Waals surface area contributed by atoms with Crippen molar-refractivity contribution < 1.29 is 9.59 Å². The predicted molar refractivity (Wildman–Crippen MR) is 94.6 cm³/mol. The zero-order valence-corrected chi connectivity index (χ0v) is 14.3. The minimum absolute atomic E-state index is 0.0231. The molecule has 0 aromatic heterocycles. The van der Waals surface area contributed by atoms with Crippen LogP contribution in [0.25, 0.3) is 0 Å². The van der Waals surface area contributed by atoms with Gasteiger partial charge in [0.2, 0.25) is 5.91 Å². The molecule has 2 aliphatic rings. The molecule has 1 N–H and O–H groups in total. The highest BCUT2D eigenvalue weighted by atomic mass is 16.2. The van der Waals surface area contributed by atoms with E-state index in [1.54, 1.807) is 0 Å². The Balaban J connectivity index is 1.66. The van der Waals surface area contributed by atoms with Gasteiger partial charge in [0.1, 0.15) is 0 Å². The van der Waals surface area contributed by atoms with Crippen molar-refractivity contribution in [2.75, 3.05) is 13.1 Å². The Hall–Kier alpha value is -2.10. The van der Waals surface area contributed by atoms with E-state index >= 15 is 0 Å². The largest absolute Gasteiger partial charge is 0.353 e. The summed E-state index contributed by atoms with van der Waals surface area (Å²) in [6.45, 7) is 3.21. The second-order valence-electron chi connectivity index (χ2n) is 7.21. The van der Waals surface area contributed by atoms with Crippen molar-refractivity contribution in [3.05, 3.63) is 48.0 Å². The number of amides is 2. The SMILES string of the molecule is CC1(C(=O)NC2CC=CCC2)CCCN(C(=O)c2ccccc2)C1. The maximum Gasteiger partial charge on any atom is 0.253 e. The van der Waals surface area contributed by atoms with E-state index in [-0.39, 0.29) is 17.9 Å². The summed E-state index contributed by atoms with van der Waals surface area (Å²) in [5, 5.41) is 3.20. The molecule has 1 fully saturated rings. The van der Waals surface area contributed by atoms with Gasteiger partial charge in [-0.25, -0.2) is 0 Å². The van der Waals surface area contributed by atoms with Crippen molar-refractivity contribution in [1.29, 1.82) is 0 Å². The number of likely N-dealkylation sites (tertiary alicyclic amines) is 1. The van der Waals surface area contributed by atoms with Crippen LogP contribution >= 0.6 is 0 Å². The van der Waals surface area contributed by atoms with Crippen molar-refractivity contribution in [2.45, 2.75) is 45.1 Å². The number of carbonyl (C=O) groups excluding carboxylic acids is 2. The van der Waals surface area contributed by atoms with Crippen LogP contribution in [0.5, 0.6) is 0 Å². The molecule has 1 saturated heterocycles. The molecular formula is C20H26N2O2. The zero-order valence-electron chi connectivity index (χ0n) is 14.3. The number of benzene rings is 1. The molecule has 1 heterocycles. The Kier molecular flexibility index (Phi) is 5.03. The van der Waals surface area contributed by atoms with E-state index < -0.39 is 5.41 Å². The van der Waals surface area contributed by atoms with Crippen molar-refractivity contribution in [1.82, 2.24) is 10.2 Å². The fourth-order valence-electron chi connectivity index (χ4n) is 3.65. The van der Waals surface area contributed by atoms with Gasteiger partial charge in [0.15, 0.2) is 0 Å². The Morgan fingerprint density at radius 3 is 2.71 bits per heavy atom. The number of nitrogens with one attached hydrogen (secondary N) is 1. The van der Waals surface area contributed by atoms with Crippen LogP contribution in [-0.4, -0.2) is 35.8 Å². The lowest BCUT2D eigenvalue weighted by atomic mass is 9.80. The Bertz CT molecular complexity index is 626. The Labute approximate surface area is 143 Å². The van der Waals surface area contributed by atoms with Crippen molar-refractivity contribution in [3.8, 4) is 0 Å². The van der Waals surface area contributed by atoms with Crippen LogP contribution in [0.1, 0.15) is 49.4 Å². The summed E-state index contributed by atoms with van der Waals surface area (Å²) in [7, 11) is 0. The smallest absolute Gasteiger partial charge is 0.253 e. The lowest BCUT2D eigenvalue weighted by molar-refractivity contribution is -0.133. The molecular weight excluding hydrogens is 300 g/mol. The lowest BCUT2D eigenvalue weighted by Crippen LogP contribution is -2.53. The number of hydrogen-bond donors (Lipinski definition) is 1. The number of piperidine rings is 1. The van der Waals surface area contributed by atoms with Crippen LogP contribution < -0.4 is 5.32 Å². The second-order valence-corrected chi connectivity index (χ2v) is 7.21. The van der Waals surface area contributed by atoms with E-state index in [0.29, 0.717) is 12.1 Å². The topological polar surface area (TPSA) is 49.4 Å². The van der Waals surface area contributed by atoms with Gasteiger partial charge in [-0.05, 0) is 51.2 Å². The highest BCUT2D eigenvalue weighted by Crippen LogP contribution is 2.31. The van der Waals surface area contributed by atoms with E-state index in [1.165, 1.54) is 0 Å². The normalized spacial score (nSPS) is 26.9. The number of carbonyl (C=O) groups is 2. The fourth-order valence-corrected chi connectivity index (χ4v) is 3.65. The van der Waals surface area contributed by atoms with Crippen molar-refractivity contribution >= 4 is 11.8 Å². The van der Waals surface area contributed by atoms with Crippen LogP contribution in [0.2, 0.25) is 0 Å². The predicted octanol–water partition coefficient (Wildman–Crippen LogP) is 3.15. The van der Waals surface area contributed by atoms with Crippen LogP contribution in [0.15, 0.2) is 42.5 Å². The molecule has 24 heavy (non-hydrogen) atoms. The van der Waals surface area contributed by atoms with Gasteiger partial charge in [-0.15, -0.1) is 0 Å². The van der Waals surface area contributed by atoms with E-state index in [9.17, 15) is 9.59 Å². The molecule has 2 amide bonds. The van der Waals surface area contributed by atoms with Gasteiger partial charge in [0.05, 0.1) is 5.41 Å². The first-order valence-corrected chi connectivity index (χ1v) is 8.89. The summed E-state index contributed by atoms with van der Waals surface area (Å²) in [5.41, 5.74) is 0.198. The molecule has 0 bridgehead atoms. The number of rotatable bonds is 3. The second kappa shape index (κ2) is 7.20. The molecule has 1 aromatic carbocycles. The van der Waals surface area contributed by atoms with E-state index in [0.717, 1.165) is 38.6 Å². The third-order valence-corrected chi connectivity index (χ3v) is 5.16. The first-order chi connectivity index (χ1) is 11.6. The van der Waals surface area contributed by atoms with Crippen LogP contribution in [-0.2, 0) is 4.79 Å². The molecule has 1 aromatic rings. The molecule has 128 valence electrons. The molecule has 1 aliphatic carbocycles. The number of allylic oxidation sites excluding steroid dienone is 1. The summed E-state index contributed by atoms with van der Waals surface area (Å²) in [6, 6.07) is 9.56. The Morgan fingerprint density at radius 1 is 1.21 bits per heavy atom. The average Bonchev–Trinajstić information content (AvgIpc) is 2.63.